The van der Waals surface area contributed by atoms with Gasteiger partial charge in [-0.1, -0.05) is 311 Å². The van der Waals surface area contributed by atoms with Crippen molar-refractivity contribution in [2.75, 3.05) is 13.2 Å². The minimum atomic E-state index is -5.56. The summed E-state index contributed by atoms with van der Waals surface area (Å²) in [5.41, 5.74) is 0. The van der Waals surface area contributed by atoms with Gasteiger partial charge in [-0.05, 0) is 57.8 Å². The second-order valence-electron chi connectivity index (χ2n) is 29.5. The number of aliphatic hydroxyl groups is 1. The Morgan fingerprint density at radius 1 is 0.398 bits per heavy atom. The van der Waals surface area contributed by atoms with E-state index < -0.39 is 131 Å². The van der Waals surface area contributed by atoms with Crippen molar-refractivity contribution in [2.24, 2.45) is 0 Å². The van der Waals surface area contributed by atoms with Gasteiger partial charge in [0, 0.05) is 19.3 Å². The molecule has 2 amide bonds. The van der Waals surface area contributed by atoms with E-state index in [-0.39, 0.29) is 32.1 Å². The van der Waals surface area contributed by atoms with Gasteiger partial charge in [0.15, 0.2) is 18.4 Å². The standard InChI is InChI=1S/C81H151N2O19P/c1-7-13-19-25-31-34-40-43-49-55-66(97-73(87)58-52-46-37-28-22-16-10-4)61-71(85)82-69(80(91)92)65-96-81-77(83-72(86)62-67(56-50-44-41-35-32-26-20-14-8-2)98-74(88)59-53-47-38-29-23-17-11-5)79(78(70(64-84)100-81)102-103(93,94)95)101-76(90)63-68(57-51-45-42-36-33-27-21-15-9-3)99-75(89)60-54-48-39-30-24-18-12-6/h66-70,77-79,81,84H,7-65H2,1-6H3,(H,82,85)(H,83,86)(H,91,92)(H2,93,94,95)/t66-,67-,68-,69-,70?,77?,78?,79?,81?/m1/s1. The largest absolute Gasteiger partial charge is 0.480 e. The van der Waals surface area contributed by atoms with Gasteiger partial charge in [-0.15, -0.1) is 0 Å². The predicted molar refractivity (Wildman–Crippen MR) is 407 cm³/mol. The van der Waals surface area contributed by atoms with Gasteiger partial charge in [0.25, 0.3) is 0 Å². The summed E-state index contributed by atoms with van der Waals surface area (Å²) in [6, 6.07) is -3.60. The van der Waals surface area contributed by atoms with Gasteiger partial charge in [-0.25, -0.2) is 9.36 Å². The molecule has 1 aliphatic heterocycles. The highest BCUT2D eigenvalue weighted by atomic mass is 31.2. The van der Waals surface area contributed by atoms with Crippen LogP contribution in [0.25, 0.3) is 0 Å². The number of carboxylic acids is 1. The summed E-state index contributed by atoms with van der Waals surface area (Å²) < 4.78 is 54.9. The molecule has 1 aliphatic rings. The van der Waals surface area contributed by atoms with E-state index in [1.165, 1.54) is 44.9 Å². The van der Waals surface area contributed by atoms with Crippen molar-refractivity contribution in [1.82, 2.24) is 10.6 Å². The molecule has 22 heteroatoms. The average molecular weight is 1490 g/mol. The highest BCUT2D eigenvalue weighted by molar-refractivity contribution is 7.46. The third-order valence-corrected chi connectivity index (χ3v) is 20.2. The normalized spacial score (nSPS) is 17.3. The van der Waals surface area contributed by atoms with E-state index in [2.05, 4.69) is 52.2 Å². The molecule has 0 aromatic carbocycles. The number of carbonyl (C=O) groups is 7. The molecule has 21 nitrogen and oxygen atoms in total. The van der Waals surface area contributed by atoms with Gasteiger partial charge in [0.2, 0.25) is 11.8 Å². The third kappa shape index (κ3) is 55.4. The SMILES string of the molecule is CCCCCCCCCCC[C@H](CC(=O)NC1C(OC[C@@H](NC(=O)C[C@@H](CCCCCCCCCCC)OC(=O)CCCCCCCCC)C(=O)O)OC(CO)C(OP(=O)(O)O)C1OC(=O)C[C@@H](CCCCCCCCCCC)OC(=O)CCCCCCCCC)OC(=O)CCCCCCCCC. The lowest BCUT2D eigenvalue weighted by atomic mass is 9.95. The van der Waals surface area contributed by atoms with Crippen LogP contribution in [-0.4, -0.2) is 130 Å². The molecule has 6 N–H and O–H groups in total. The minimum absolute atomic E-state index is 0.125. The summed E-state index contributed by atoms with van der Waals surface area (Å²) >= 11 is 0. The Bertz CT molecular complexity index is 2170. The van der Waals surface area contributed by atoms with Crippen molar-refractivity contribution in [3.05, 3.63) is 0 Å². The quantitative estimate of drug-likeness (QED) is 0.0143. The van der Waals surface area contributed by atoms with Crippen LogP contribution in [0.3, 0.4) is 0 Å². The Morgan fingerprint density at radius 2 is 0.699 bits per heavy atom. The fourth-order valence-electron chi connectivity index (χ4n) is 13.5. The smallest absolute Gasteiger partial charge is 0.470 e. The van der Waals surface area contributed by atoms with E-state index in [4.69, 9.17) is 32.9 Å². The molecule has 0 radical (unpaired) electrons. The van der Waals surface area contributed by atoms with Crippen molar-refractivity contribution in [1.29, 1.82) is 0 Å². The van der Waals surface area contributed by atoms with Crippen LogP contribution in [0.1, 0.15) is 408 Å². The molecule has 5 unspecified atom stereocenters. The van der Waals surface area contributed by atoms with Crippen molar-refractivity contribution < 1.29 is 91.1 Å². The van der Waals surface area contributed by atoms with Gasteiger partial charge in [0.05, 0.1) is 32.5 Å². The number of hydrogen-bond donors (Lipinski definition) is 6. The van der Waals surface area contributed by atoms with Crippen LogP contribution in [0.4, 0.5) is 0 Å². The number of aliphatic carboxylic acids is 1. The fourth-order valence-corrected chi connectivity index (χ4v) is 14.1. The first-order valence-electron chi connectivity index (χ1n) is 42.1. The molecule has 1 heterocycles. The molecule has 0 aromatic heterocycles. The minimum Gasteiger partial charge on any atom is -0.480 e. The maximum Gasteiger partial charge on any atom is 0.470 e. The Balaban J connectivity index is 3.85. The van der Waals surface area contributed by atoms with E-state index in [0.717, 1.165) is 225 Å². The average Bonchev–Trinajstić information content (AvgIpc) is 0.780. The predicted octanol–water partition coefficient (Wildman–Crippen LogP) is 19.3. The Labute approximate surface area is 624 Å². The number of nitrogens with one attached hydrogen (secondary N) is 2. The molecular weight excluding hydrogens is 1340 g/mol. The van der Waals surface area contributed by atoms with Crippen molar-refractivity contribution in [3.8, 4) is 0 Å². The van der Waals surface area contributed by atoms with E-state index in [1.807, 2.05) is 0 Å². The maximum atomic E-state index is 14.8. The molecule has 0 aromatic rings. The Morgan fingerprint density at radius 3 is 1.01 bits per heavy atom. The summed E-state index contributed by atoms with van der Waals surface area (Å²) in [5, 5.41) is 26.9. The number of ether oxygens (including phenoxy) is 6. The van der Waals surface area contributed by atoms with Crippen molar-refractivity contribution in [2.45, 2.75) is 463 Å². The van der Waals surface area contributed by atoms with Crippen molar-refractivity contribution >= 4 is 49.5 Å². The number of aliphatic hydroxyl groups excluding tert-OH is 1. The van der Waals surface area contributed by atoms with E-state index in [1.54, 1.807) is 0 Å². The van der Waals surface area contributed by atoms with E-state index in [0.29, 0.717) is 51.4 Å². The number of esters is 4. The lowest BCUT2D eigenvalue weighted by molar-refractivity contribution is -0.272. The number of carboxylic acid groups (broad SMARTS) is 1. The van der Waals surface area contributed by atoms with E-state index in [9.17, 15) is 58.1 Å². The number of amides is 2. The van der Waals surface area contributed by atoms with Crippen LogP contribution < -0.4 is 10.6 Å². The van der Waals surface area contributed by atoms with Crippen LogP contribution in [-0.2, 0) is 71.1 Å². The summed E-state index contributed by atoms with van der Waals surface area (Å²) in [6.07, 6.45) is 38.1. The summed E-state index contributed by atoms with van der Waals surface area (Å²) in [4.78, 5) is 118. The van der Waals surface area contributed by atoms with Gasteiger partial charge in [0.1, 0.15) is 36.6 Å². The molecule has 1 saturated heterocycles. The maximum absolute atomic E-state index is 14.8. The highest BCUT2D eigenvalue weighted by Gasteiger charge is 2.52. The van der Waals surface area contributed by atoms with Crippen LogP contribution in [0.5, 0.6) is 0 Å². The lowest BCUT2D eigenvalue weighted by Gasteiger charge is -2.45. The summed E-state index contributed by atoms with van der Waals surface area (Å²) in [6.45, 7) is 11.1. The molecule has 103 heavy (non-hydrogen) atoms. The second-order valence-corrected chi connectivity index (χ2v) is 30.7. The Hall–Kier alpha value is -3.72. The topological polar surface area (TPSA) is 306 Å². The molecule has 1 rings (SSSR count). The monoisotopic (exact) mass is 1490 g/mol. The zero-order valence-electron chi connectivity index (χ0n) is 65.8. The van der Waals surface area contributed by atoms with Crippen LogP contribution in [0, 0.1) is 0 Å². The van der Waals surface area contributed by atoms with Crippen LogP contribution in [0.15, 0.2) is 0 Å². The molecule has 604 valence electrons. The Kier molecular flexibility index (Phi) is 62.8. The first-order valence-corrected chi connectivity index (χ1v) is 43.6. The summed E-state index contributed by atoms with van der Waals surface area (Å²) in [7, 11) is -5.56. The zero-order chi connectivity index (χ0) is 75.8. The number of phosphoric acid groups is 1. The van der Waals surface area contributed by atoms with Gasteiger partial charge in [-0.3, -0.25) is 33.3 Å². The summed E-state index contributed by atoms with van der Waals surface area (Å²) in [5.74, 6) is -5.54. The highest BCUT2D eigenvalue weighted by Crippen LogP contribution is 2.42. The van der Waals surface area contributed by atoms with Gasteiger partial charge in [-0.2, -0.15) is 0 Å². The number of phosphoric ester groups is 1. The number of rotatable bonds is 73. The van der Waals surface area contributed by atoms with Crippen LogP contribution in [0.2, 0.25) is 0 Å². The number of unbranched alkanes of at least 4 members (excludes halogenated alkanes) is 42. The number of carbonyl (C=O) groups excluding carboxylic acids is 6. The van der Waals surface area contributed by atoms with Crippen molar-refractivity contribution in [3.63, 3.8) is 0 Å². The molecule has 1 fully saturated rings. The van der Waals surface area contributed by atoms with E-state index >= 15 is 0 Å². The lowest BCUT2D eigenvalue weighted by Crippen LogP contribution is -2.66. The molecule has 0 saturated carbocycles. The van der Waals surface area contributed by atoms with Gasteiger partial charge >= 0.3 is 37.7 Å². The first kappa shape index (κ1) is 97.3. The van der Waals surface area contributed by atoms with Gasteiger partial charge < -0.3 is 59.1 Å². The van der Waals surface area contributed by atoms with Crippen LogP contribution >= 0.6 is 7.82 Å². The molecule has 0 bridgehead atoms. The zero-order valence-corrected chi connectivity index (χ0v) is 66.7. The molecular formula is C81H151N2O19P. The first-order chi connectivity index (χ1) is 49.8. The fraction of sp³-hybridized carbons (Fsp3) is 0.914. The third-order valence-electron chi connectivity index (χ3n) is 19.7. The molecule has 0 aliphatic carbocycles. The number of hydrogen-bond acceptors (Lipinski definition) is 16. The molecule has 0 spiro atoms. The second kappa shape index (κ2) is 66.5. The molecule has 9 atom stereocenters.